The second-order valence-electron chi connectivity index (χ2n) is 4.84. The van der Waals surface area contributed by atoms with Gasteiger partial charge in [-0.05, 0) is 42.7 Å². The third kappa shape index (κ3) is 2.07. The van der Waals surface area contributed by atoms with Crippen LogP contribution < -0.4 is 10.6 Å². The number of rotatable bonds is 1. The summed E-state index contributed by atoms with van der Waals surface area (Å²) in [5.74, 6) is -0.310. The standard InChI is InChI=1S/C15H15N3O2/c16-11-3-4-13-10(8-11)2-1-7-18(13)15(20)12-5-6-17-9-14(12)19/h3-6,8-9,19H,1-2,7,16H2. The van der Waals surface area contributed by atoms with E-state index < -0.39 is 0 Å². The number of hydrogen-bond acceptors (Lipinski definition) is 4. The number of fused-ring (bicyclic) bond motifs is 1. The lowest BCUT2D eigenvalue weighted by atomic mass is 10.00. The third-order valence-corrected chi connectivity index (χ3v) is 3.50. The molecule has 2 aromatic rings. The lowest BCUT2D eigenvalue weighted by Gasteiger charge is -2.29. The number of carbonyl (C=O) groups excluding carboxylic acids is 1. The van der Waals surface area contributed by atoms with Crippen molar-refractivity contribution in [3.8, 4) is 5.75 Å². The lowest BCUT2D eigenvalue weighted by molar-refractivity contribution is 0.0982. The highest BCUT2D eigenvalue weighted by molar-refractivity contribution is 6.08. The molecular formula is C15H15N3O2. The van der Waals surface area contributed by atoms with Crippen LogP contribution in [0.4, 0.5) is 11.4 Å². The minimum atomic E-state index is -0.212. The third-order valence-electron chi connectivity index (χ3n) is 3.50. The van der Waals surface area contributed by atoms with Gasteiger partial charge < -0.3 is 15.7 Å². The highest BCUT2D eigenvalue weighted by Gasteiger charge is 2.25. The van der Waals surface area contributed by atoms with Gasteiger partial charge in [-0.25, -0.2) is 0 Å². The van der Waals surface area contributed by atoms with Gasteiger partial charge in [-0.1, -0.05) is 0 Å². The molecule has 0 saturated carbocycles. The summed E-state index contributed by atoms with van der Waals surface area (Å²) >= 11 is 0. The van der Waals surface area contributed by atoms with E-state index in [0.29, 0.717) is 12.2 Å². The Labute approximate surface area is 116 Å². The predicted octanol–water partition coefficient (Wildman–Crippen LogP) is 1.96. The second kappa shape index (κ2) is 4.85. The first-order valence-electron chi connectivity index (χ1n) is 6.50. The lowest BCUT2D eigenvalue weighted by Crippen LogP contribution is -2.35. The Morgan fingerprint density at radius 2 is 2.20 bits per heavy atom. The van der Waals surface area contributed by atoms with Crippen LogP contribution in [0, 0.1) is 0 Å². The summed E-state index contributed by atoms with van der Waals surface area (Å²) in [4.78, 5) is 18.1. The zero-order valence-corrected chi connectivity index (χ0v) is 10.9. The van der Waals surface area contributed by atoms with Gasteiger partial charge in [0.15, 0.2) is 0 Å². The highest BCUT2D eigenvalue weighted by Crippen LogP contribution is 2.31. The zero-order chi connectivity index (χ0) is 14.1. The second-order valence-corrected chi connectivity index (χ2v) is 4.84. The minimum absolute atomic E-state index is 0.0972. The molecule has 1 aromatic carbocycles. The summed E-state index contributed by atoms with van der Waals surface area (Å²) in [6.45, 7) is 0.636. The van der Waals surface area contributed by atoms with Gasteiger partial charge in [0, 0.05) is 24.1 Å². The highest BCUT2D eigenvalue weighted by atomic mass is 16.3. The number of hydrogen-bond donors (Lipinski definition) is 2. The van der Waals surface area contributed by atoms with E-state index in [2.05, 4.69) is 4.98 Å². The van der Waals surface area contributed by atoms with E-state index in [9.17, 15) is 9.90 Å². The first kappa shape index (κ1) is 12.5. The Morgan fingerprint density at radius 3 is 3.00 bits per heavy atom. The van der Waals surface area contributed by atoms with Crippen molar-refractivity contribution in [3.05, 3.63) is 47.8 Å². The van der Waals surface area contributed by atoms with Crippen molar-refractivity contribution in [3.63, 3.8) is 0 Å². The summed E-state index contributed by atoms with van der Waals surface area (Å²) in [7, 11) is 0. The van der Waals surface area contributed by atoms with Gasteiger partial charge in [-0.3, -0.25) is 9.78 Å². The number of nitrogen functional groups attached to an aromatic ring is 1. The molecule has 0 aliphatic carbocycles. The van der Waals surface area contributed by atoms with Crippen molar-refractivity contribution >= 4 is 17.3 Å². The quantitative estimate of drug-likeness (QED) is 0.776. The number of pyridine rings is 1. The fourth-order valence-electron chi connectivity index (χ4n) is 2.54. The van der Waals surface area contributed by atoms with Gasteiger partial charge in [0.2, 0.25) is 0 Å². The fourth-order valence-corrected chi connectivity index (χ4v) is 2.54. The van der Waals surface area contributed by atoms with E-state index in [1.54, 1.807) is 11.0 Å². The van der Waals surface area contributed by atoms with Gasteiger partial charge in [0.05, 0.1) is 11.8 Å². The van der Waals surface area contributed by atoms with Crippen molar-refractivity contribution in [2.75, 3.05) is 17.2 Å². The summed E-state index contributed by atoms with van der Waals surface area (Å²) in [5.41, 5.74) is 8.69. The Kier molecular flexibility index (Phi) is 3.02. The number of anilines is 2. The molecule has 1 aromatic heterocycles. The smallest absolute Gasteiger partial charge is 0.262 e. The van der Waals surface area contributed by atoms with Crippen LogP contribution in [0.25, 0.3) is 0 Å². The number of aromatic nitrogens is 1. The fraction of sp³-hybridized carbons (Fsp3) is 0.200. The van der Waals surface area contributed by atoms with Crippen molar-refractivity contribution in [1.29, 1.82) is 0 Å². The normalized spacial score (nSPS) is 13.9. The van der Waals surface area contributed by atoms with Gasteiger partial charge in [0.1, 0.15) is 5.75 Å². The first-order valence-corrected chi connectivity index (χ1v) is 6.50. The van der Waals surface area contributed by atoms with Crippen LogP contribution in [-0.2, 0) is 6.42 Å². The molecule has 0 fully saturated rings. The molecule has 0 radical (unpaired) electrons. The van der Waals surface area contributed by atoms with Crippen molar-refractivity contribution in [1.82, 2.24) is 4.98 Å². The molecule has 3 rings (SSSR count). The minimum Gasteiger partial charge on any atom is -0.505 e. The number of aryl methyl sites for hydroxylation is 1. The Morgan fingerprint density at radius 1 is 1.35 bits per heavy atom. The maximum absolute atomic E-state index is 12.6. The van der Waals surface area contributed by atoms with Crippen molar-refractivity contribution in [2.24, 2.45) is 0 Å². The molecule has 5 nitrogen and oxygen atoms in total. The van der Waals surface area contributed by atoms with E-state index in [1.807, 2.05) is 12.1 Å². The maximum atomic E-state index is 12.6. The molecule has 0 saturated heterocycles. The van der Waals surface area contributed by atoms with E-state index in [0.717, 1.165) is 24.1 Å². The number of benzene rings is 1. The number of carbonyl (C=O) groups is 1. The van der Waals surface area contributed by atoms with Crippen LogP contribution in [0.3, 0.4) is 0 Å². The van der Waals surface area contributed by atoms with Gasteiger partial charge in [-0.15, -0.1) is 0 Å². The SMILES string of the molecule is Nc1ccc2c(c1)CCCN2C(=O)c1ccncc1O. The predicted molar refractivity (Wildman–Crippen MR) is 76.8 cm³/mol. The van der Waals surface area contributed by atoms with Gasteiger partial charge in [0.25, 0.3) is 5.91 Å². The molecule has 20 heavy (non-hydrogen) atoms. The molecule has 1 amide bonds. The topological polar surface area (TPSA) is 79.5 Å². The number of nitrogens with two attached hydrogens (primary N) is 1. The van der Waals surface area contributed by atoms with E-state index >= 15 is 0 Å². The van der Waals surface area contributed by atoms with Crippen LogP contribution in [0.1, 0.15) is 22.3 Å². The van der Waals surface area contributed by atoms with Crippen LogP contribution in [-0.4, -0.2) is 22.5 Å². The summed E-state index contributed by atoms with van der Waals surface area (Å²) in [5, 5.41) is 9.77. The van der Waals surface area contributed by atoms with Crippen molar-refractivity contribution < 1.29 is 9.90 Å². The Bertz CT molecular complexity index is 670. The van der Waals surface area contributed by atoms with Crippen molar-refractivity contribution in [2.45, 2.75) is 12.8 Å². The summed E-state index contributed by atoms with van der Waals surface area (Å²) in [6.07, 6.45) is 4.57. The molecule has 0 unspecified atom stereocenters. The molecule has 0 spiro atoms. The molecule has 2 heterocycles. The zero-order valence-electron chi connectivity index (χ0n) is 10.9. The monoisotopic (exact) mass is 269 g/mol. The Balaban J connectivity index is 2.01. The number of aromatic hydroxyl groups is 1. The van der Waals surface area contributed by atoms with Crippen LogP contribution >= 0.6 is 0 Å². The molecular weight excluding hydrogens is 254 g/mol. The molecule has 1 aliphatic heterocycles. The Hall–Kier alpha value is -2.56. The molecule has 3 N–H and O–H groups in total. The van der Waals surface area contributed by atoms with E-state index in [-0.39, 0.29) is 17.2 Å². The number of nitrogens with zero attached hydrogens (tertiary/aromatic N) is 2. The number of amides is 1. The van der Waals surface area contributed by atoms with Crippen LogP contribution in [0.2, 0.25) is 0 Å². The average Bonchev–Trinajstić information content (AvgIpc) is 2.46. The first-order chi connectivity index (χ1) is 9.66. The van der Waals surface area contributed by atoms with E-state index in [1.165, 1.54) is 18.5 Å². The van der Waals surface area contributed by atoms with E-state index in [4.69, 9.17) is 5.73 Å². The molecule has 5 heteroatoms. The average molecular weight is 269 g/mol. The summed E-state index contributed by atoms with van der Waals surface area (Å²) in [6, 6.07) is 7.08. The summed E-state index contributed by atoms with van der Waals surface area (Å²) < 4.78 is 0. The van der Waals surface area contributed by atoms with Crippen LogP contribution in [0.15, 0.2) is 36.7 Å². The molecule has 1 aliphatic rings. The molecule has 102 valence electrons. The van der Waals surface area contributed by atoms with Gasteiger partial charge in [-0.2, -0.15) is 0 Å². The molecule has 0 atom stereocenters. The van der Waals surface area contributed by atoms with Crippen LogP contribution in [0.5, 0.6) is 5.75 Å². The maximum Gasteiger partial charge on any atom is 0.262 e. The van der Waals surface area contributed by atoms with Gasteiger partial charge >= 0.3 is 0 Å². The largest absolute Gasteiger partial charge is 0.505 e. The molecule has 0 bridgehead atoms.